The van der Waals surface area contributed by atoms with Gasteiger partial charge in [-0.1, -0.05) is 30.3 Å². The van der Waals surface area contributed by atoms with Crippen LogP contribution in [-0.4, -0.2) is 33.4 Å². The minimum Gasteiger partial charge on any atom is -0.444 e. The van der Waals surface area contributed by atoms with Crippen LogP contribution in [0.15, 0.2) is 41.3 Å². The van der Waals surface area contributed by atoms with Gasteiger partial charge in [-0.3, -0.25) is 0 Å². The highest BCUT2D eigenvalue weighted by molar-refractivity contribution is 6.60. The molecule has 0 amide bonds. The van der Waals surface area contributed by atoms with E-state index in [0.717, 1.165) is 5.56 Å². The molecule has 0 fully saturated rings. The first-order valence-electron chi connectivity index (χ1n) is 7.44. The summed E-state index contributed by atoms with van der Waals surface area (Å²) in [6.45, 7) is 6.78. The van der Waals surface area contributed by atoms with Crippen molar-refractivity contribution in [1.82, 2.24) is 4.98 Å². The molecule has 122 valence electrons. The van der Waals surface area contributed by atoms with Gasteiger partial charge in [0.05, 0.1) is 17.4 Å². The first kappa shape index (κ1) is 17.5. The van der Waals surface area contributed by atoms with Crippen molar-refractivity contribution in [1.29, 1.82) is 0 Å². The molecular weight excluding hydrogens is 293 g/mol. The normalized spacial score (nSPS) is 12.8. The summed E-state index contributed by atoms with van der Waals surface area (Å²) in [5, 5.41) is 20.3. The molecule has 0 saturated heterocycles. The molecule has 1 aromatic heterocycles. The van der Waals surface area contributed by atoms with E-state index in [4.69, 9.17) is 9.07 Å². The van der Waals surface area contributed by atoms with Crippen LogP contribution < -0.4 is 5.46 Å². The second kappa shape index (κ2) is 6.70. The van der Waals surface area contributed by atoms with E-state index in [1.165, 1.54) is 6.39 Å². The maximum atomic E-state index is 10.2. The lowest BCUT2D eigenvalue weighted by atomic mass is 9.76. The summed E-state index contributed by atoms with van der Waals surface area (Å²) in [7, 11) is -1.11. The van der Waals surface area contributed by atoms with Gasteiger partial charge in [0.15, 0.2) is 6.39 Å². The van der Waals surface area contributed by atoms with E-state index in [1.54, 1.807) is 46.0 Å². The summed E-state index contributed by atoms with van der Waals surface area (Å²) in [5.41, 5.74) is -0.386. The van der Waals surface area contributed by atoms with E-state index in [-0.39, 0.29) is 0 Å². The fourth-order valence-electron chi connectivity index (χ4n) is 1.75. The van der Waals surface area contributed by atoms with Gasteiger partial charge in [-0.05, 0) is 44.8 Å². The molecule has 2 rings (SSSR count). The second-order valence-electron chi connectivity index (χ2n) is 6.44. The summed E-state index contributed by atoms with van der Waals surface area (Å²) in [4.78, 5) is 3.84. The lowest BCUT2D eigenvalue weighted by Crippen LogP contribution is -2.53. The number of benzene rings is 1. The van der Waals surface area contributed by atoms with E-state index < -0.39 is 18.3 Å². The molecular formula is C17H22BNO4. The van der Waals surface area contributed by atoms with E-state index in [0.29, 0.717) is 11.2 Å². The van der Waals surface area contributed by atoms with Crippen LogP contribution in [0.2, 0.25) is 0 Å². The van der Waals surface area contributed by atoms with E-state index in [9.17, 15) is 10.1 Å². The van der Waals surface area contributed by atoms with Crippen molar-refractivity contribution >= 4 is 24.7 Å². The second-order valence-corrected chi connectivity index (χ2v) is 6.44. The SMILES string of the molecule is CC(C)(O)C(C)(C)OB(O)c1ccc(/C=C/c2cnco2)cc1. The molecule has 0 bridgehead atoms. The molecule has 0 atom stereocenters. The van der Waals surface area contributed by atoms with Crippen molar-refractivity contribution < 1.29 is 19.2 Å². The molecule has 0 aliphatic heterocycles. The largest absolute Gasteiger partial charge is 0.491 e. The van der Waals surface area contributed by atoms with Crippen LogP contribution in [0, 0.1) is 0 Å². The molecule has 0 unspecified atom stereocenters. The van der Waals surface area contributed by atoms with Crippen molar-refractivity contribution in [3.63, 3.8) is 0 Å². The fourth-order valence-corrected chi connectivity index (χ4v) is 1.75. The van der Waals surface area contributed by atoms with Crippen LogP contribution in [0.5, 0.6) is 0 Å². The highest BCUT2D eigenvalue weighted by atomic mass is 16.5. The van der Waals surface area contributed by atoms with Crippen molar-refractivity contribution in [2.45, 2.75) is 38.9 Å². The molecule has 0 aliphatic rings. The molecule has 6 heteroatoms. The summed E-state index contributed by atoms with van der Waals surface area (Å²) in [6.07, 6.45) is 6.70. The first-order chi connectivity index (χ1) is 10.7. The van der Waals surface area contributed by atoms with Crippen molar-refractivity contribution in [2.24, 2.45) is 0 Å². The average Bonchev–Trinajstić information content (AvgIpc) is 2.97. The Kier molecular flexibility index (Phi) is 5.09. The van der Waals surface area contributed by atoms with Crippen LogP contribution >= 0.6 is 0 Å². The number of rotatable bonds is 6. The van der Waals surface area contributed by atoms with Gasteiger partial charge in [0.2, 0.25) is 0 Å². The molecule has 0 spiro atoms. The fraction of sp³-hybridized carbons (Fsp3) is 0.353. The Labute approximate surface area is 136 Å². The predicted molar refractivity (Wildman–Crippen MR) is 90.9 cm³/mol. The van der Waals surface area contributed by atoms with Crippen LogP contribution in [0.1, 0.15) is 39.0 Å². The molecule has 1 aromatic carbocycles. The zero-order chi connectivity index (χ0) is 17.1. The van der Waals surface area contributed by atoms with Crippen LogP contribution in [0.4, 0.5) is 0 Å². The Morgan fingerprint density at radius 1 is 1.13 bits per heavy atom. The summed E-state index contributed by atoms with van der Waals surface area (Å²) in [6, 6.07) is 7.30. The Morgan fingerprint density at radius 3 is 2.30 bits per heavy atom. The quantitative estimate of drug-likeness (QED) is 0.799. The molecule has 0 aliphatic carbocycles. The monoisotopic (exact) mass is 315 g/mol. The van der Waals surface area contributed by atoms with Crippen molar-refractivity contribution in [3.05, 3.63) is 48.2 Å². The highest BCUT2D eigenvalue weighted by Gasteiger charge is 2.39. The van der Waals surface area contributed by atoms with Gasteiger partial charge in [-0.25, -0.2) is 4.98 Å². The molecule has 2 aromatic rings. The maximum absolute atomic E-state index is 10.2. The number of aliphatic hydroxyl groups is 1. The van der Waals surface area contributed by atoms with Gasteiger partial charge in [0, 0.05) is 0 Å². The third-order valence-electron chi connectivity index (χ3n) is 3.99. The Hall–Kier alpha value is -1.89. The van der Waals surface area contributed by atoms with Crippen LogP contribution in [0.25, 0.3) is 12.2 Å². The minimum absolute atomic E-state index is 0.624. The summed E-state index contributed by atoms with van der Waals surface area (Å²) < 4.78 is 10.7. The zero-order valence-corrected chi connectivity index (χ0v) is 13.9. The van der Waals surface area contributed by atoms with Gasteiger partial charge in [0.25, 0.3) is 0 Å². The lowest BCUT2D eigenvalue weighted by molar-refractivity contribution is -0.0982. The standard InChI is InChI=1S/C17H22BNO4/c1-16(2,20)17(3,4)23-18(21)14-8-5-13(6-9-14)7-10-15-11-19-12-22-15/h5-12,20-21H,1-4H3/b10-7+. The molecule has 5 nitrogen and oxygen atoms in total. The molecule has 0 radical (unpaired) electrons. The minimum atomic E-state index is -1.11. The molecule has 2 N–H and O–H groups in total. The van der Waals surface area contributed by atoms with Gasteiger partial charge >= 0.3 is 7.12 Å². The van der Waals surface area contributed by atoms with E-state index in [2.05, 4.69) is 4.98 Å². The Morgan fingerprint density at radius 2 is 1.78 bits per heavy atom. The van der Waals surface area contributed by atoms with Gasteiger partial charge in [-0.15, -0.1) is 0 Å². The highest BCUT2D eigenvalue weighted by Crippen LogP contribution is 2.25. The number of nitrogens with zero attached hydrogens (tertiary/aromatic N) is 1. The number of hydrogen-bond acceptors (Lipinski definition) is 5. The predicted octanol–water partition coefficient (Wildman–Crippen LogP) is 2.10. The molecule has 1 heterocycles. The third kappa shape index (κ3) is 4.54. The van der Waals surface area contributed by atoms with Gasteiger partial charge in [-0.2, -0.15) is 0 Å². The zero-order valence-electron chi connectivity index (χ0n) is 13.9. The summed E-state index contributed by atoms with van der Waals surface area (Å²) in [5.74, 6) is 0.671. The third-order valence-corrected chi connectivity index (χ3v) is 3.99. The average molecular weight is 315 g/mol. The van der Waals surface area contributed by atoms with Crippen molar-refractivity contribution in [2.75, 3.05) is 0 Å². The van der Waals surface area contributed by atoms with E-state index >= 15 is 0 Å². The topological polar surface area (TPSA) is 75.7 Å². The first-order valence-corrected chi connectivity index (χ1v) is 7.44. The Balaban J connectivity index is 2.04. The molecule has 23 heavy (non-hydrogen) atoms. The lowest BCUT2D eigenvalue weighted by Gasteiger charge is -2.38. The summed E-state index contributed by atoms with van der Waals surface area (Å²) >= 11 is 0. The number of aromatic nitrogens is 1. The van der Waals surface area contributed by atoms with E-state index in [1.807, 2.05) is 24.3 Å². The molecule has 0 saturated carbocycles. The van der Waals surface area contributed by atoms with Crippen LogP contribution in [-0.2, 0) is 4.65 Å². The number of oxazole rings is 1. The number of hydrogen-bond donors (Lipinski definition) is 2. The smallest absolute Gasteiger partial charge is 0.444 e. The van der Waals surface area contributed by atoms with Crippen molar-refractivity contribution in [3.8, 4) is 0 Å². The van der Waals surface area contributed by atoms with Gasteiger partial charge in [0.1, 0.15) is 5.76 Å². The van der Waals surface area contributed by atoms with Crippen LogP contribution in [0.3, 0.4) is 0 Å². The van der Waals surface area contributed by atoms with Gasteiger partial charge < -0.3 is 19.2 Å². The maximum Gasteiger partial charge on any atom is 0.491 e. The Bertz CT molecular complexity index is 642.